The van der Waals surface area contributed by atoms with Crippen LogP contribution in [0.5, 0.6) is 0 Å². The predicted molar refractivity (Wildman–Crippen MR) is 89.8 cm³/mol. The van der Waals surface area contributed by atoms with E-state index in [4.69, 9.17) is 11.6 Å². The first-order chi connectivity index (χ1) is 10.2. The summed E-state index contributed by atoms with van der Waals surface area (Å²) >= 11 is 6.14. The van der Waals surface area contributed by atoms with Crippen LogP contribution in [-0.2, 0) is 6.54 Å². The molecule has 0 aromatic heterocycles. The zero-order valence-electron chi connectivity index (χ0n) is 13.1. The van der Waals surface area contributed by atoms with Gasteiger partial charge in [-0.3, -0.25) is 4.90 Å². The standard InChI is InChI=1S/C18H27ClN2/c1-2-17-12-20-18(9-4-3-5-10-18)14-21(17)13-15-7-6-8-16(19)11-15/h6-8,11,17,20H,2-5,9-10,12-14H2,1H3. The molecule has 0 bridgehead atoms. The third kappa shape index (κ3) is 3.61. The average molecular weight is 307 g/mol. The number of rotatable bonds is 3. The summed E-state index contributed by atoms with van der Waals surface area (Å²) in [4.78, 5) is 2.69. The Kier molecular flexibility index (Phi) is 4.88. The molecule has 2 aliphatic rings. The number of nitrogens with zero attached hydrogens (tertiary/aromatic N) is 1. The molecule has 1 unspecified atom stereocenters. The summed E-state index contributed by atoms with van der Waals surface area (Å²) in [5, 5.41) is 4.74. The van der Waals surface area contributed by atoms with Crippen molar-refractivity contribution in [2.24, 2.45) is 0 Å². The van der Waals surface area contributed by atoms with Crippen LogP contribution in [0.1, 0.15) is 51.0 Å². The molecular formula is C18H27ClN2. The Balaban J connectivity index is 1.73. The molecule has 1 aromatic carbocycles. The number of halogens is 1. The highest BCUT2D eigenvalue weighted by atomic mass is 35.5. The van der Waals surface area contributed by atoms with Crippen molar-refractivity contribution in [1.29, 1.82) is 0 Å². The third-order valence-electron chi connectivity index (χ3n) is 5.29. The van der Waals surface area contributed by atoms with Gasteiger partial charge in [-0.2, -0.15) is 0 Å². The van der Waals surface area contributed by atoms with Gasteiger partial charge in [0.1, 0.15) is 0 Å². The van der Waals surface area contributed by atoms with Gasteiger partial charge in [-0.05, 0) is 37.0 Å². The molecule has 116 valence electrons. The van der Waals surface area contributed by atoms with Crippen molar-refractivity contribution in [3.63, 3.8) is 0 Å². The van der Waals surface area contributed by atoms with E-state index in [1.54, 1.807) is 0 Å². The van der Waals surface area contributed by atoms with Crippen LogP contribution in [0.2, 0.25) is 5.02 Å². The highest BCUT2D eigenvalue weighted by Crippen LogP contribution is 2.33. The third-order valence-corrected chi connectivity index (χ3v) is 5.53. The van der Waals surface area contributed by atoms with Gasteiger partial charge in [0.15, 0.2) is 0 Å². The Hall–Kier alpha value is -0.570. The maximum atomic E-state index is 6.14. The van der Waals surface area contributed by atoms with Gasteiger partial charge in [-0.15, -0.1) is 0 Å². The topological polar surface area (TPSA) is 15.3 Å². The van der Waals surface area contributed by atoms with Crippen LogP contribution in [0.25, 0.3) is 0 Å². The molecule has 3 heteroatoms. The van der Waals surface area contributed by atoms with Gasteiger partial charge in [0.25, 0.3) is 0 Å². The minimum atomic E-state index is 0.377. The van der Waals surface area contributed by atoms with E-state index in [1.807, 2.05) is 6.07 Å². The fourth-order valence-electron chi connectivity index (χ4n) is 4.06. The van der Waals surface area contributed by atoms with Crippen LogP contribution in [0.15, 0.2) is 24.3 Å². The molecule has 2 fully saturated rings. The number of piperazine rings is 1. The van der Waals surface area contributed by atoms with E-state index in [2.05, 4.69) is 35.3 Å². The molecule has 3 rings (SSSR count). The average Bonchev–Trinajstić information content (AvgIpc) is 2.48. The van der Waals surface area contributed by atoms with Gasteiger partial charge in [0.2, 0.25) is 0 Å². The van der Waals surface area contributed by atoms with E-state index in [9.17, 15) is 0 Å². The molecule has 1 spiro atoms. The molecule has 1 aromatic rings. The maximum Gasteiger partial charge on any atom is 0.0409 e. The van der Waals surface area contributed by atoms with Crippen LogP contribution in [-0.4, -0.2) is 29.6 Å². The van der Waals surface area contributed by atoms with E-state index >= 15 is 0 Å². The molecule has 0 amide bonds. The fourth-order valence-corrected chi connectivity index (χ4v) is 4.27. The summed E-state index contributed by atoms with van der Waals surface area (Å²) in [6.45, 7) is 5.66. The molecule has 2 nitrogen and oxygen atoms in total. The van der Waals surface area contributed by atoms with Crippen LogP contribution >= 0.6 is 11.6 Å². The fraction of sp³-hybridized carbons (Fsp3) is 0.667. The van der Waals surface area contributed by atoms with E-state index in [-0.39, 0.29) is 0 Å². The normalized spacial score (nSPS) is 26.1. The summed E-state index contributed by atoms with van der Waals surface area (Å²) in [7, 11) is 0. The summed E-state index contributed by atoms with van der Waals surface area (Å²) in [6, 6.07) is 8.99. The lowest BCUT2D eigenvalue weighted by atomic mass is 9.79. The Morgan fingerprint density at radius 2 is 2.10 bits per heavy atom. The Morgan fingerprint density at radius 3 is 2.81 bits per heavy atom. The van der Waals surface area contributed by atoms with Gasteiger partial charge in [-0.1, -0.05) is 49.9 Å². The van der Waals surface area contributed by atoms with Crippen molar-refractivity contribution in [1.82, 2.24) is 10.2 Å². The number of hydrogen-bond donors (Lipinski definition) is 1. The molecule has 1 saturated heterocycles. The second-order valence-corrected chi connectivity index (χ2v) is 7.26. The van der Waals surface area contributed by atoms with Gasteiger partial charge in [0, 0.05) is 36.2 Å². The minimum Gasteiger partial charge on any atom is -0.308 e. The Bertz CT molecular complexity index is 468. The van der Waals surface area contributed by atoms with Crippen molar-refractivity contribution in [2.75, 3.05) is 13.1 Å². The largest absolute Gasteiger partial charge is 0.308 e. The van der Waals surface area contributed by atoms with Crippen LogP contribution in [0, 0.1) is 0 Å². The highest BCUT2D eigenvalue weighted by Gasteiger charge is 2.39. The first kappa shape index (κ1) is 15.3. The first-order valence-electron chi connectivity index (χ1n) is 8.44. The van der Waals surface area contributed by atoms with Crippen LogP contribution in [0.4, 0.5) is 0 Å². The molecule has 1 N–H and O–H groups in total. The molecule has 1 atom stereocenters. The van der Waals surface area contributed by atoms with E-state index in [1.165, 1.54) is 50.6 Å². The van der Waals surface area contributed by atoms with E-state index in [0.29, 0.717) is 11.6 Å². The zero-order valence-corrected chi connectivity index (χ0v) is 13.8. The van der Waals surface area contributed by atoms with Crippen LogP contribution < -0.4 is 5.32 Å². The van der Waals surface area contributed by atoms with Gasteiger partial charge in [-0.25, -0.2) is 0 Å². The number of benzene rings is 1. The molecule has 1 saturated carbocycles. The van der Waals surface area contributed by atoms with Gasteiger partial charge in [0.05, 0.1) is 0 Å². The Morgan fingerprint density at radius 1 is 1.29 bits per heavy atom. The van der Waals surface area contributed by atoms with E-state index in [0.717, 1.165) is 18.1 Å². The molecule has 1 aliphatic heterocycles. The monoisotopic (exact) mass is 306 g/mol. The van der Waals surface area contributed by atoms with Gasteiger partial charge >= 0.3 is 0 Å². The van der Waals surface area contributed by atoms with Crippen molar-refractivity contribution >= 4 is 11.6 Å². The molecule has 0 radical (unpaired) electrons. The first-order valence-corrected chi connectivity index (χ1v) is 8.82. The Labute approximate surface area is 133 Å². The van der Waals surface area contributed by atoms with E-state index < -0.39 is 0 Å². The van der Waals surface area contributed by atoms with Crippen molar-refractivity contribution in [3.8, 4) is 0 Å². The molecule has 1 heterocycles. The maximum absolute atomic E-state index is 6.14. The molecule has 21 heavy (non-hydrogen) atoms. The minimum absolute atomic E-state index is 0.377. The van der Waals surface area contributed by atoms with Gasteiger partial charge < -0.3 is 5.32 Å². The summed E-state index contributed by atoms with van der Waals surface area (Å²) < 4.78 is 0. The van der Waals surface area contributed by atoms with Crippen molar-refractivity contribution in [2.45, 2.75) is 63.6 Å². The summed E-state index contributed by atoms with van der Waals surface area (Å²) in [6.07, 6.45) is 8.08. The zero-order chi connectivity index (χ0) is 14.7. The SMILES string of the molecule is CCC1CNC2(CCCCC2)CN1Cc1cccc(Cl)c1. The lowest BCUT2D eigenvalue weighted by Gasteiger charge is -2.49. The quantitative estimate of drug-likeness (QED) is 0.899. The lowest BCUT2D eigenvalue weighted by molar-refractivity contribution is 0.0484. The number of nitrogens with one attached hydrogen (secondary N) is 1. The second-order valence-electron chi connectivity index (χ2n) is 6.82. The summed E-state index contributed by atoms with van der Waals surface area (Å²) in [5.41, 5.74) is 1.72. The van der Waals surface area contributed by atoms with Crippen molar-refractivity contribution < 1.29 is 0 Å². The predicted octanol–water partition coefficient (Wildman–Crippen LogP) is 4.23. The number of hydrogen-bond acceptors (Lipinski definition) is 2. The highest BCUT2D eigenvalue weighted by molar-refractivity contribution is 6.30. The summed E-state index contributed by atoms with van der Waals surface area (Å²) in [5.74, 6) is 0. The lowest BCUT2D eigenvalue weighted by Crippen LogP contribution is -2.64. The molecule has 1 aliphatic carbocycles. The van der Waals surface area contributed by atoms with Crippen LogP contribution in [0.3, 0.4) is 0 Å². The smallest absolute Gasteiger partial charge is 0.0409 e. The van der Waals surface area contributed by atoms with Crippen molar-refractivity contribution in [3.05, 3.63) is 34.9 Å². The second kappa shape index (κ2) is 6.68. The molecular weight excluding hydrogens is 280 g/mol.